The third-order valence-corrected chi connectivity index (χ3v) is 6.37. The van der Waals surface area contributed by atoms with Crippen LogP contribution in [0.3, 0.4) is 0 Å². The molecule has 2 saturated heterocycles. The predicted molar refractivity (Wildman–Crippen MR) is 142 cm³/mol. The summed E-state index contributed by atoms with van der Waals surface area (Å²) in [5.41, 5.74) is 3.79. The van der Waals surface area contributed by atoms with E-state index in [1.807, 2.05) is 13.1 Å². The Hall–Kier alpha value is -2.00. The van der Waals surface area contributed by atoms with E-state index in [0.717, 1.165) is 44.4 Å². The number of anilines is 1. The highest BCUT2D eigenvalue weighted by Crippen LogP contribution is 2.27. The largest absolute Gasteiger partial charge is 0.497 e. The summed E-state index contributed by atoms with van der Waals surface area (Å²) in [6.45, 7) is 7.61. The first-order valence-corrected chi connectivity index (χ1v) is 11.2. The molecule has 174 valence electrons. The van der Waals surface area contributed by atoms with Crippen molar-refractivity contribution in [2.45, 2.75) is 19.4 Å². The molecule has 2 aromatic carbocycles. The second-order valence-corrected chi connectivity index (χ2v) is 8.39. The van der Waals surface area contributed by atoms with Crippen molar-refractivity contribution in [1.82, 2.24) is 10.2 Å². The lowest BCUT2D eigenvalue weighted by molar-refractivity contribution is -0.00835. The van der Waals surface area contributed by atoms with E-state index in [1.165, 1.54) is 23.2 Å². The number of hydrogen-bond donors (Lipinski definition) is 1. The summed E-state index contributed by atoms with van der Waals surface area (Å²) < 4.78 is 11.5. The van der Waals surface area contributed by atoms with E-state index >= 15 is 0 Å². The van der Waals surface area contributed by atoms with E-state index in [2.05, 4.69) is 69.5 Å². The molecule has 1 N–H and O–H groups in total. The van der Waals surface area contributed by atoms with Gasteiger partial charge in [-0.15, -0.1) is 24.0 Å². The molecule has 6 nitrogen and oxygen atoms in total. The molecule has 2 aliphatic heterocycles. The lowest BCUT2D eigenvalue weighted by atomic mass is 10.0. The summed E-state index contributed by atoms with van der Waals surface area (Å²) >= 11 is 0. The molecule has 2 aromatic rings. The van der Waals surface area contributed by atoms with Crippen molar-refractivity contribution in [2.75, 3.05) is 58.4 Å². The van der Waals surface area contributed by atoms with Gasteiger partial charge in [-0.25, -0.2) is 0 Å². The van der Waals surface area contributed by atoms with E-state index in [4.69, 9.17) is 9.47 Å². The van der Waals surface area contributed by atoms with Gasteiger partial charge in [0, 0.05) is 45.0 Å². The molecule has 2 fully saturated rings. The molecular weight excluding hydrogens is 515 g/mol. The van der Waals surface area contributed by atoms with E-state index in [-0.39, 0.29) is 30.1 Å². The van der Waals surface area contributed by atoms with Crippen LogP contribution in [0.2, 0.25) is 0 Å². The highest BCUT2D eigenvalue weighted by atomic mass is 127. The van der Waals surface area contributed by atoms with E-state index in [0.29, 0.717) is 12.5 Å². The van der Waals surface area contributed by atoms with Crippen molar-refractivity contribution in [2.24, 2.45) is 10.9 Å². The molecule has 7 heteroatoms. The topological polar surface area (TPSA) is 49.3 Å². The quantitative estimate of drug-likeness (QED) is 0.345. The first kappa shape index (κ1) is 24.6. The number of guanidine groups is 1. The molecule has 4 rings (SSSR count). The summed E-state index contributed by atoms with van der Waals surface area (Å²) in [4.78, 5) is 9.34. The number of ether oxygens (including phenoxy) is 2. The number of benzene rings is 2. The van der Waals surface area contributed by atoms with Crippen molar-refractivity contribution >= 4 is 35.6 Å². The van der Waals surface area contributed by atoms with Gasteiger partial charge in [0.15, 0.2) is 5.96 Å². The molecule has 0 bridgehead atoms. The van der Waals surface area contributed by atoms with Crippen LogP contribution in [-0.4, -0.2) is 64.3 Å². The number of rotatable bonds is 5. The fourth-order valence-corrected chi connectivity index (χ4v) is 4.59. The zero-order valence-corrected chi connectivity index (χ0v) is 21.6. The minimum Gasteiger partial charge on any atom is -0.497 e. The molecule has 2 atom stereocenters. The number of nitrogens with one attached hydrogen (secondary N) is 1. The maximum Gasteiger partial charge on any atom is 0.193 e. The zero-order chi connectivity index (χ0) is 21.6. The van der Waals surface area contributed by atoms with Gasteiger partial charge in [-0.1, -0.05) is 30.3 Å². The van der Waals surface area contributed by atoms with Crippen LogP contribution < -0.4 is 15.0 Å². The van der Waals surface area contributed by atoms with Crippen LogP contribution in [0.4, 0.5) is 5.69 Å². The predicted octanol–water partition coefficient (Wildman–Crippen LogP) is 4.10. The Labute approximate surface area is 209 Å². The highest BCUT2D eigenvalue weighted by Gasteiger charge is 2.27. The van der Waals surface area contributed by atoms with Crippen LogP contribution in [0.5, 0.6) is 5.75 Å². The summed E-state index contributed by atoms with van der Waals surface area (Å²) in [6.07, 6.45) is 1.26. The molecule has 0 radical (unpaired) electrons. The molecule has 2 aliphatic rings. The third-order valence-electron chi connectivity index (χ3n) is 6.37. The van der Waals surface area contributed by atoms with Crippen LogP contribution in [0.1, 0.15) is 23.7 Å². The van der Waals surface area contributed by atoms with Crippen LogP contribution in [0.15, 0.2) is 53.5 Å². The van der Waals surface area contributed by atoms with Crippen molar-refractivity contribution < 1.29 is 9.47 Å². The average Bonchev–Trinajstić information content (AvgIpc) is 3.29. The molecule has 0 saturated carbocycles. The smallest absolute Gasteiger partial charge is 0.193 e. The standard InChI is InChI=1S/C25H34N4O2.HI/c1-19-7-4-5-10-23(19)24-18-29(13-14-31-24)25(26-2)27-16-20-11-12-28(17-20)21-8-6-9-22(15-21)30-3;/h4-10,15,20,24H,11-14,16-18H2,1-3H3,(H,26,27);1H. The number of aryl methyl sites for hydroxylation is 1. The first-order chi connectivity index (χ1) is 15.2. The second-order valence-electron chi connectivity index (χ2n) is 8.39. The van der Waals surface area contributed by atoms with Crippen LogP contribution in [0.25, 0.3) is 0 Å². The molecule has 0 spiro atoms. The van der Waals surface area contributed by atoms with E-state index in [9.17, 15) is 0 Å². The Morgan fingerprint density at radius 1 is 1.16 bits per heavy atom. The normalized spacial score (nSPS) is 21.3. The van der Waals surface area contributed by atoms with Crippen LogP contribution in [-0.2, 0) is 4.74 Å². The minimum absolute atomic E-state index is 0. The van der Waals surface area contributed by atoms with Crippen molar-refractivity contribution in [3.8, 4) is 5.75 Å². The Bertz CT molecular complexity index is 907. The van der Waals surface area contributed by atoms with Gasteiger partial charge in [-0.05, 0) is 42.5 Å². The lowest BCUT2D eigenvalue weighted by Gasteiger charge is -2.36. The van der Waals surface area contributed by atoms with Gasteiger partial charge in [0.25, 0.3) is 0 Å². The molecule has 0 aliphatic carbocycles. The summed E-state index contributed by atoms with van der Waals surface area (Å²) in [6, 6.07) is 16.8. The maximum absolute atomic E-state index is 6.09. The molecule has 2 heterocycles. The van der Waals surface area contributed by atoms with E-state index < -0.39 is 0 Å². The SMILES string of the molecule is CN=C(NCC1CCN(c2cccc(OC)c2)C1)N1CCOC(c2ccccc2C)C1.I. The Morgan fingerprint density at radius 3 is 2.78 bits per heavy atom. The van der Waals surface area contributed by atoms with Gasteiger partial charge in [0.2, 0.25) is 0 Å². The molecule has 32 heavy (non-hydrogen) atoms. The average molecular weight is 550 g/mol. The monoisotopic (exact) mass is 550 g/mol. The molecular formula is C25H35IN4O2. The highest BCUT2D eigenvalue weighted by molar-refractivity contribution is 14.0. The first-order valence-electron chi connectivity index (χ1n) is 11.2. The summed E-state index contributed by atoms with van der Waals surface area (Å²) in [5, 5.41) is 3.63. The van der Waals surface area contributed by atoms with Gasteiger partial charge >= 0.3 is 0 Å². The number of nitrogens with zero attached hydrogens (tertiary/aromatic N) is 3. The number of methoxy groups -OCH3 is 1. The maximum atomic E-state index is 6.09. The van der Waals surface area contributed by atoms with Gasteiger partial charge < -0.3 is 24.6 Å². The molecule has 2 unspecified atom stereocenters. The Kier molecular flexibility index (Phi) is 9.04. The third kappa shape index (κ3) is 5.86. The minimum atomic E-state index is 0. The van der Waals surface area contributed by atoms with Crippen LogP contribution >= 0.6 is 24.0 Å². The number of halogens is 1. The van der Waals surface area contributed by atoms with Crippen molar-refractivity contribution in [1.29, 1.82) is 0 Å². The van der Waals surface area contributed by atoms with Gasteiger partial charge in [-0.2, -0.15) is 0 Å². The number of hydrogen-bond acceptors (Lipinski definition) is 4. The fraction of sp³-hybridized carbons (Fsp3) is 0.480. The number of morpholine rings is 1. The Morgan fingerprint density at radius 2 is 2.00 bits per heavy atom. The van der Waals surface area contributed by atoms with Crippen LogP contribution in [0, 0.1) is 12.8 Å². The van der Waals surface area contributed by atoms with Gasteiger partial charge in [0.1, 0.15) is 11.9 Å². The van der Waals surface area contributed by atoms with Gasteiger partial charge in [0.05, 0.1) is 20.3 Å². The van der Waals surface area contributed by atoms with Crippen molar-refractivity contribution in [3.63, 3.8) is 0 Å². The van der Waals surface area contributed by atoms with Crippen molar-refractivity contribution in [3.05, 3.63) is 59.7 Å². The Balaban J connectivity index is 0.00000289. The summed E-state index contributed by atoms with van der Waals surface area (Å²) in [5.74, 6) is 2.48. The summed E-state index contributed by atoms with van der Waals surface area (Å²) in [7, 11) is 3.59. The van der Waals surface area contributed by atoms with E-state index in [1.54, 1.807) is 7.11 Å². The zero-order valence-electron chi connectivity index (χ0n) is 19.3. The lowest BCUT2D eigenvalue weighted by Crippen LogP contribution is -2.49. The molecule has 0 aromatic heterocycles. The number of aliphatic imine (C=N–C) groups is 1. The second kappa shape index (κ2) is 11.7. The molecule has 0 amide bonds. The fourth-order valence-electron chi connectivity index (χ4n) is 4.59. The van der Waals surface area contributed by atoms with Gasteiger partial charge in [-0.3, -0.25) is 4.99 Å².